The molecule has 0 atom stereocenters. The lowest BCUT2D eigenvalue weighted by Crippen LogP contribution is -2.33. The largest absolute Gasteiger partial charge is 0.352 e. The normalized spacial score (nSPS) is 14.2. The van der Waals surface area contributed by atoms with Gasteiger partial charge in [0.2, 0.25) is 10.0 Å². The first kappa shape index (κ1) is 21.9. The number of aryl methyl sites for hydroxylation is 3. The van der Waals surface area contributed by atoms with E-state index in [0.717, 1.165) is 30.7 Å². The first-order valence-corrected chi connectivity index (χ1v) is 12.4. The number of sulfonamides is 1. The van der Waals surface area contributed by atoms with Crippen molar-refractivity contribution in [3.8, 4) is 0 Å². The van der Waals surface area contributed by atoms with Crippen LogP contribution in [0.25, 0.3) is 0 Å². The number of thiazole rings is 1. The molecule has 1 aliphatic carbocycles. The molecule has 0 saturated heterocycles. The molecule has 0 fully saturated rings. The zero-order valence-electron chi connectivity index (χ0n) is 17.3. The monoisotopic (exact) mass is 435 g/mol. The van der Waals surface area contributed by atoms with Crippen molar-refractivity contribution in [1.82, 2.24) is 14.6 Å². The van der Waals surface area contributed by atoms with Crippen LogP contribution in [-0.2, 0) is 29.3 Å². The Hall–Kier alpha value is -1.77. The molecule has 0 radical (unpaired) electrons. The van der Waals surface area contributed by atoms with Gasteiger partial charge in [-0.1, -0.05) is 6.07 Å². The van der Waals surface area contributed by atoms with Crippen LogP contribution < -0.4 is 5.32 Å². The molecule has 2 aromatic rings. The van der Waals surface area contributed by atoms with Crippen LogP contribution >= 0.6 is 11.3 Å². The van der Waals surface area contributed by atoms with Crippen LogP contribution in [0.15, 0.2) is 29.2 Å². The second kappa shape index (κ2) is 9.36. The van der Waals surface area contributed by atoms with Gasteiger partial charge < -0.3 is 5.32 Å². The summed E-state index contributed by atoms with van der Waals surface area (Å²) >= 11 is 1.80. The zero-order chi connectivity index (χ0) is 21.0. The minimum Gasteiger partial charge on any atom is -0.352 e. The molecule has 0 unspecified atom stereocenters. The number of amides is 1. The van der Waals surface area contributed by atoms with Gasteiger partial charge in [0, 0.05) is 36.5 Å². The Morgan fingerprint density at radius 2 is 2.03 bits per heavy atom. The molecule has 1 heterocycles. The molecule has 1 aliphatic rings. The maximum Gasteiger partial charge on any atom is 0.251 e. The predicted molar refractivity (Wildman–Crippen MR) is 116 cm³/mol. The predicted octanol–water partition coefficient (Wildman–Crippen LogP) is 3.41. The van der Waals surface area contributed by atoms with E-state index in [-0.39, 0.29) is 16.8 Å². The Morgan fingerprint density at radius 1 is 1.28 bits per heavy atom. The Kier molecular flexibility index (Phi) is 7.08. The van der Waals surface area contributed by atoms with Gasteiger partial charge in [-0.2, -0.15) is 4.31 Å². The van der Waals surface area contributed by atoms with E-state index in [4.69, 9.17) is 4.98 Å². The van der Waals surface area contributed by atoms with Crippen molar-refractivity contribution >= 4 is 27.3 Å². The van der Waals surface area contributed by atoms with Gasteiger partial charge in [0.25, 0.3) is 5.91 Å². The van der Waals surface area contributed by atoms with E-state index in [1.807, 2.05) is 13.8 Å². The van der Waals surface area contributed by atoms with Crippen molar-refractivity contribution in [2.75, 3.05) is 13.6 Å². The van der Waals surface area contributed by atoms with Gasteiger partial charge in [-0.25, -0.2) is 13.4 Å². The molecule has 0 saturated carbocycles. The molecule has 0 bridgehead atoms. The summed E-state index contributed by atoms with van der Waals surface area (Å²) in [6, 6.07) is 6.05. The average Bonchev–Trinajstić information content (AvgIpc) is 3.13. The van der Waals surface area contributed by atoms with E-state index in [1.165, 1.54) is 39.9 Å². The van der Waals surface area contributed by atoms with E-state index in [2.05, 4.69) is 5.32 Å². The molecular formula is C21H29N3O3S2. The summed E-state index contributed by atoms with van der Waals surface area (Å²) < 4.78 is 26.6. The van der Waals surface area contributed by atoms with Gasteiger partial charge in [-0.05, 0) is 64.2 Å². The highest BCUT2D eigenvalue weighted by atomic mass is 32.2. The fourth-order valence-electron chi connectivity index (χ4n) is 3.30. The van der Waals surface area contributed by atoms with Crippen LogP contribution in [0.5, 0.6) is 0 Å². The number of carbonyl (C=O) groups is 1. The minimum atomic E-state index is -3.61. The maximum absolute atomic E-state index is 12.6. The van der Waals surface area contributed by atoms with Gasteiger partial charge >= 0.3 is 0 Å². The lowest BCUT2D eigenvalue weighted by atomic mass is 10.0. The summed E-state index contributed by atoms with van der Waals surface area (Å²) in [6.07, 6.45) is 6.39. The SMILES string of the molecule is CC(C)N(C)S(=O)(=O)c1cccc(C(=O)NCCCc2nc3c(s2)CCCC3)c1. The topological polar surface area (TPSA) is 79.4 Å². The van der Waals surface area contributed by atoms with Crippen LogP contribution in [0.2, 0.25) is 0 Å². The second-order valence-corrected chi connectivity index (χ2v) is 10.9. The van der Waals surface area contributed by atoms with Crippen molar-refractivity contribution < 1.29 is 13.2 Å². The fraction of sp³-hybridized carbons (Fsp3) is 0.524. The van der Waals surface area contributed by atoms with Crippen molar-refractivity contribution in [3.63, 3.8) is 0 Å². The van der Waals surface area contributed by atoms with E-state index in [9.17, 15) is 13.2 Å². The number of rotatable bonds is 8. The van der Waals surface area contributed by atoms with Crippen molar-refractivity contribution in [3.05, 3.63) is 45.4 Å². The highest BCUT2D eigenvalue weighted by Crippen LogP contribution is 2.27. The molecule has 3 rings (SSSR count). The number of aromatic nitrogens is 1. The minimum absolute atomic E-state index is 0.134. The molecular weight excluding hydrogens is 406 g/mol. The number of benzene rings is 1. The molecule has 1 aromatic carbocycles. The Morgan fingerprint density at radius 3 is 2.76 bits per heavy atom. The quantitative estimate of drug-likeness (QED) is 0.645. The third kappa shape index (κ3) is 5.24. The van der Waals surface area contributed by atoms with Gasteiger partial charge in [0.05, 0.1) is 15.6 Å². The Balaban J connectivity index is 1.55. The van der Waals surface area contributed by atoms with E-state index in [1.54, 1.807) is 30.5 Å². The summed E-state index contributed by atoms with van der Waals surface area (Å²) in [7, 11) is -2.07. The van der Waals surface area contributed by atoms with Gasteiger partial charge in [0.1, 0.15) is 0 Å². The first-order valence-electron chi connectivity index (χ1n) is 10.1. The Labute approximate surface area is 177 Å². The summed E-state index contributed by atoms with van der Waals surface area (Å²) in [6.45, 7) is 4.16. The van der Waals surface area contributed by atoms with Crippen LogP contribution in [0.1, 0.15) is 59.0 Å². The molecule has 158 valence electrons. The average molecular weight is 436 g/mol. The molecule has 29 heavy (non-hydrogen) atoms. The number of carbonyl (C=O) groups excluding carboxylic acids is 1. The summed E-state index contributed by atoms with van der Waals surface area (Å²) in [4.78, 5) is 18.8. The third-order valence-electron chi connectivity index (χ3n) is 5.24. The number of nitrogens with one attached hydrogen (secondary N) is 1. The number of fused-ring (bicyclic) bond motifs is 1. The smallest absolute Gasteiger partial charge is 0.251 e. The van der Waals surface area contributed by atoms with E-state index >= 15 is 0 Å². The van der Waals surface area contributed by atoms with Gasteiger partial charge in [-0.3, -0.25) is 4.79 Å². The summed E-state index contributed by atoms with van der Waals surface area (Å²) in [5.41, 5.74) is 1.62. The Bertz CT molecular complexity index is 944. The molecule has 0 aliphatic heterocycles. The van der Waals surface area contributed by atoms with Crippen molar-refractivity contribution in [2.45, 2.75) is 63.3 Å². The highest BCUT2D eigenvalue weighted by Gasteiger charge is 2.24. The van der Waals surface area contributed by atoms with Crippen molar-refractivity contribution in [1.29, 1.82) is 0 Å². The number of hydrogen-bond donors (Lipinski definition) is 1. The second-order valence-electron chi connectivity index (χ2n) is 7.69. The maximum atomic E-state index is 12.6. The number of nitrogens with zero attached hydrogens (tertiary/aromatic N) is 2. The summed E-state index contributed by atoms with van der Waals surface area (Å²) in [5, 5.41) is 4.04. The first-order chi connectivity index (χ1) is 13.8. The van der Waals surface area contributed by atoms with Gasteiger partial charge in [-0.15, -0.1) is 11.3 Å². The van der Waals surface area contributed by atoms with Gasteiger partial charge in [0.15, 0.2) is 0 Å². The summed E-state index contributed by atoms with van der Waals surface area (Å²) in [5.74, 6) is -0.257. The standard InChI is InChI=1S/C21H29N3O3S2/c1-15(2)24(3)29(26,27)17-9-6-8-16(14-17)21(25)22-13-7-12-20-23-18-10-4-5-11-19(18)28-20/h6,8-9,14-15H,4-5,7,10-13H2,1-3H3,(H,22,25). The van der Waals surface area contributed by atoms with Crippen LogP contribution in [-0.4, -0.2) is 43.2 Å². The third-order valence-corrected chi connectivity index (χ3v) is 8.49. The molecule has 8 heteroatoms. The lowest BCUT2D eigenvalue weighted by molar-refractivity contribution is 0.0953. The number of hydrogen-bond acceptors (Lipinski definition) is 5. The molecule has 1 amide bonds. The highest BCUT2D eigenvalue weighted by molar-refractivity contribution is 7.89. The van der Waals surface area contributed by atoms with Crippen LogP contribution in [0, 0.1) is 0 Å². The zero-order valence-corrected chi connectivity index (χ0v) is 18.9. The molecule has 1 N–H and O–H groups in total. The van der Waals surface area contributed by atoms with E-state index in [0.29, 0.717) is 12.1 Å². The fourth-order valence-corrected chi connectivity index (χ4v) is 5.91. The van der Waals surface area contributed by atoms with Crippen LogP contribution in [0.4, 0.5) is 0 Å². The molecule has 0 spiro atoms. The molecule has 6 nitrogen and oxygen atoms in total. The van der Waals surface area contributed by atoms with Crippen LogP contribution in [0.3, 0.4) is 0 Å². The molecule has 1 aromatic heterocycles. The van der Waals surface area contributed by atoms with E-state index < -0.39 is 10.0 Å². The lowest BCUT2D eigenvalue weighted by Gasteiger charge is -2.21. The van der Waals surface area contributed by atoms with Crippen molar-refractivity contribution in [2.24, 2.45) is 0 Å².